The van der Waals surface area contributed by atoms with Crippen molar-refractivity contribution in [2.75, 3.05) is 19.8 Å². The number of rotatable bonds is 3. The summed E-state index contributed by atoms with van der Waals surface area (Å²) in [5, 5.41) is 19.1. The van der Waals surface area contributed by atoms with Crippen LogP contribution in [0.2, 0.25) is 0 Å². The Labute approximate surface area is 130 Å². The second-order valence-electron chi connectivity index (χ2n) is 6.20. The molecule has 5 heteroatoms. The van der Waals surface area contributed by atoms with Gasteiger partial charge < -0.3 is 9.84 Å². The number of morpholine rings is 1. The van der Waals surface area contributed by atoms with Crippen LogP contribution >= 0.6 is 0 Å². The van der Waals surface area contributed by atoms with E-state index in [0.717, 1.165) is 31.4 Å². The first kappa shape index (κ1) is 15.4. The second-order valence-corrected chi connectivity index (χ2v) is 6.20. The third-order valence-corrected chi connectivity index (χ3v) is 4.84. The standard InChI is InChI=1S/C17H21FN2O2/c18-15-5-4-12(8-13(15)9-19)10-20-6-7-22-11-16(20)14-2-1-3-17(14)21/h4-5,8,14,16-17,21H,1-3,6-7,10-11H2/t14-,16+,17+/m0/s1. The molecule has 3 rings (SSSR count). The second kappa shape index (κ2) is 6.74. The van der Waals surface area contributed by atoms with E-state index in [1.54, 1.807) is 12.1 Å². The van der Waals surface area contributed by atoms with E-state index in [0.29, 0.717) is 19.8 Å². The molecule has 4 nitrogen and oxygen atoms in total. The van der Waals surface area contributed by atoms with Crippen LogP contribution in [0.15, 0.2) is 18.2 Å². The van der Waals surface area contributed by atoms with E-state index in [9.17, 15) is 9.50 Å². The van der Waals surface area contributed by atoms with Gasteiger partial charge in [-0.25, -0.2) is 4.39 Å². The summed E-state index contributed by atoms with van der Waals surface area (Å²) in [4.78, 5) is 2.30. The van der Waals surface area contributed by atoms with E-state index in [1.165, 1.54) is 6.07 Å². The fourth-order valence-electron chi connectivity index (χ4n) is 3.66. The molecule has 0 aromatic heterocycles. The van der Waals surface area contributed by atoms with Gasteiger partial charge in [0, 0.05) is 25.0 Å². The number of ether oxygens (including phenoxy) is 1. The average molecular weight is 304 g/mol. The molecule has 0 spiro atoms. The molecule has 1 N–H and O–H groups in total. The minimum Gasteiger partial charge on any atom is -0.393 e. The molecule has 0 unspecified atom stereocenters. The van der Waals surface area contributed by atoms with Gasteiger partial charge in [-0.2, -0.15) is 5.26 Å². The minimum atomic E-state index is -0.476. The molecule has 3 atom stereocenters. The number of aliphatic hydroxyl groups excluding tert-OH is 1. The highest BCUT2D eigenvalue weighted by Gasteiger charge is 2.37. The maximum atomic E-state index is 13.4. The summed E-state index contributed by atoms with van der Waals surface area (Å²) in [6.45, 7) is 2.76. The lowest BCUT2D eigenvalue weighted by Crippen LogP contribution is -2.50. The van der Waals surface area contributed by atoms with Crippen LogP contribution in [0.3, 0.4) is 0 Å². The number of nitrogens with zero attached hydrogens (tertiary/aromatic N) is 2. The van der Waals surface area contributed by atoms with Gasteiger partial charge in [0.2, 0.25) is 0 Å². The molecule has 1 aromatic carbocycles. The van der Waals surface area contributed by atoms with Crippen LogP contribution in [0.25, 0.3) is 0 Å². The van der Waals surface area contributed by atoms with Crippen LogP contribution < -0.4 is 0 Å². The Hall–Kier alpha value is -1.48. The van der Waals surface area contributed by atoms with E-state index in [4.69, 9.17) is 10.00 Å². The van der Waals surface area contributed by atoms with Crippen molar-refractivity contribution in [3.63, 3.8) is 0 Å². The molecular formula is C17H21FN2O2. The number of hydrogen-bond acceptors (Lipinski definition) is 4. The first-order valence-electron chi connectivity index (χ1n) is 7.87. The largest absolute Gasteiger partial charge is 0.393 e. The predicted molar refractivity (Wildman–Crippen MR) is 79.5 cm³/mol. The fourth-order valence-corrected chi connectivity index (χ4v) is 3.66. The molecule has 2 aliphatic rings. The van der Waals surface area contributed by atoms with Crippen LogP contribution in [0, 0.1) is 23.1 Å². The minimum absolute atomic E-state index is 0.0863. The van der Waals surface area contributed by atoms with Crippen LogP contribution in [-0.2, 0) is 11.3 Å². The number of nitriles is 1. The summed E-state index contributed by atoms with van der Waals surface area (Å²) < 4.78 is 19.0. The van der Waals surface area contributed by atoms with Crippen LogP contribution in [0.5, 0.6) is 0 Å². The van der Waals surface area contributed by atoms with Crippen molar-refractivity contribution < 1.29 is 14.2 Å². The Morgan fingerprint density at radius 2 is 2.27 bits per heavy atom. The molecule has 1 heterocycles. The molecule has 1 aliphatic carbocycles. The fraction of sp³-hybridized carbons (Fsp3) is 0.588. The Bertz CT molecular complexity index is 572. The number of benzene rings is 1. The highest BCUT2D eigenvalue weighted by Crippen LogP contribution is 2.32. The predicted octanol–water partition coefficient (Wildman–Crippen LogP) is 2.06. The lowest BCUT2D eigenvalue weighted by molar-refractivity contribution is -0.0536. The van der Waals surface area contributed by atoms with Crippen molar-refractivity contribution in [1.29, 1.82) is 5.26 Å². The molecule has 2 fully saturated rings. The van der Waals surface area contributed by atoms with Gasteiger partial charge in [-0.05, 0) is 30.5 Å². The molecule has 22 heavy (non-hydrogen) atoms. The molecule has 1 aromatic rings. The van der Waals surface area contributed by atoms with Gasteiger partial charge in [0.25, 0.3) is 0 Å². The van der Waals surface area contributed by atoms with Crippen LogP contribution in [0.1, 0.15) is 30.4 Å². The van der Waals surface area contributed by atoms with E-state index >= 15 is 0 Å². The van der Waals surface area contributed by atoms with Crippen molar-refractivity contribution in [3.05, 3.63) is 35.1 Å². The molecule has 1 saturated heterocycles. The quantitative estimate of drug-likeness (QED) is 0.928. The topological polar surface area (TPSA) is 56.5 Å². The van der Waals surface area contributed by atoms with Crippen molar-refractivity contribution in [2.24, 2.45) is 5.92 Å². The normalized spacial score (nSPS) is 29.4. The van der Waals surface area contributed by atoms with Gasteiger partial charge in [0.15, 0.2) is 0 Å². The van der Waals surface area contributed by atoms with Crippen molar-refractivity contribution >= 4 is 0 Å². The molecule has 1 saturated carbocycles. The Kier molecular flexibility index (Phi) is 4.72. The lowest BCUT2D eigenvalue weighted by atomic mass is 9.94. The van der Waals surface area contributed by atoms with Crippen molar-refractivity contribution in [1.82, 2.24) is 4.90 Å². The van der Waals surface area contributed by atoms with Gasteiger partial charge >= 0.3 is 0 Å². The van der Waals surface area contributed by atoms with E-state index < -0.39 is 5.82 Å². The summed E-state index contributed by atoms with van der Waals surface area (Å²) in [5.41, 5.74) is 1.01. The SMILES string of the molecule is N#Cc1cc(CN2CCOC[C@@H]2[C@@H]2CCC[C@H]2O)ccc1F. The number of halogens is 1. The molecule has 118 valence electrons. The zero-order valence-electron chi connectivity index (χ0n) is 12.5. The third kappa shape index (κ3) is 3.14. The van der Waals surface area contributed by atoms with E-state index in [2.05, 4.69) is 4.90 Å². The van der Waals surface area contributed by atoms with E-state index in [-0.39, 0.29) is 23.6 Å². The monoisotopic (exact) mass is 304 g/mol. The van der Waals surface area contributed by atoms with Gasteiger partial charge in [0.1, 0.15) is 11.9 Å². The Balaban J connectivity index is 1.75. The molecule has 0 amide bonds. The average Bonchev–Trinajstić information content (AvgIpc) is 2.96. The van der Waals surface area contributed by atoms with Crippen molar-refractivity contribution in [2.45, 2.75) is 38.0 Å². The highest BCUT2D eigenvalue weighted by atomic mass is 19.1. The first-order chi connectivity index (χ1) is 10.7. The van der Waals surface area contributed by atoms with Crippen LogP contribution in [-0.4, -0.2) is 41.9 Å². The summed E-state index contributed by atoms with van der Waals surface area (Å²) in [5.74, 6) is -0.229. The van der Waals surface area contributed by atoms with Crippen LogP contribution in [0.4, 0.5) is 4.39 Å². The summed E-state index contributed by atoms with van der Waals surface area (Å²) >= 11 is 0. The zero-order valence-corrected chi connectivity index (χ0v) is 12.5. The van der Waals surface area contributed by atoms with Gasteiger partial charge in [0.05, 0.1) is 24.9 Å². The van der Waals surface area contributed by atoms with Crippen molar-refractivity contribution in [3.8, 4) is 6.07 Å². The molecule has 0 radical (unpaired) electrons. The summed E-state index contributed by atoms with van der Waals surface area (Å²) in [7, 11) is 0. The van der Waals surface area contributed by atoms with Gasteiger partial charge in [-0.15, -0.1) is 0 Å². The molecule has 0 bridgehead atoms. The van der Waals surface area contributed by atoms with E-state index in [1.807, 2.05) is 6.07 Å². The van der Waals surface area contributed by atoms with Gasteiger partial charge in [-0.3, -0.25) is 4.90 Å². The zero-order chi connectivity index (χ0) is 15.5. The maximum absolute atomic E-state index is 13.4. The lowest BCUT2D eigenvalue weighted by Gasteiger charge is -2.40. The molecule has 1 aliphatic heterocycles. The number of aliphatic hydroxyl groups is 1. The van der Waals surface area contributed by atoms with Gasteiger partial charge in [-0.1, -0.05) is 12.5 Å². The third-order valence-electron chi connectivity index (χ3n) is 4.84. The Morgan fingerprint density at radius 3 is 3.00 bits per heavy atom. The highest BCUT2D eigenvalue weighted by molar-refractivity contribution is 5.34. The summed E-state index contributed by atoms with van der Waals surface area (Å²) in [6.07, 6.45) is 2.70. The molecular weight excluding hydrogens is 283 g/mol. The Morgan fingerprint density at radius 1 is 1.41 bits per heavy atom. The maximum Gasteiger partial charge on any atom is 0.140 e. The summed E-state index contributed by atoms with van der Waals surface area (Å²) in [6, 6.07) is 6.79. The number of hydrogen-bond donors (Lipinski definition) is 1. The smallest absolute Gasteiger partial charge is 0.140 e. The first-order valence-corrected chi connectivity index (χ1v) is 7.87.